The molecule has 1 unspecified atom stereocenters. The lowest BCUT2D eigenvalue weighted by atomic mass is 9.89. The first kappa shape index (κ1) is 12.5. The molecule has 0 spiro atoms. The van der Waals surface area contributed by atoms with Crippen LogP contribution in [0.25, 0.3) is 0 Å². The zero-order valence-corrected chi connectivity index (χ0v) is 10.6. The molecule has 1 atom stereocenters. The van der Waals surface area contributed by atoms with Gasteiger partial charge in [-0.05, 0) is 12.5 Å². The van der Waals surface area contributed by atoms with E-state index in [-0.39, 0.29) is 28.9 Å². The van der Waals surface area contributed by atoms with Crippen molar-refractivity contribution >= 4 is 0 Å². The summed E-state index contributed by atoms with van der Waals surface area (Å²) in [6, 6.07) is 7.15. The van der Waals surface area contributed by atoms with Gasteiger partial charge in [0.2, 0.25) is 0 Å². The molecule has 0 saturated heterocycles. The first-order valence-corrected chi connectivity index (χ1v) is 6.24. The Kier molecular flexibility index (Phi) is 2.82. The molecule has 5 heteroatoms. The van der Waals surface area contributed by atoms with Gasteiger partial charge >= 0.3 is 0 Å². The molecular formula is C15H14O5. The third kappa shape index (κ3) is 2.07. The molecule has 0 amide bonds. The van der Waals surface area contributed by atoms with Crippen molar-refractivity contribution in [2.24, 2.45) is 0 Å². The Labute approximate surface area is 115 Å². The van der Waals surface area contributed by atoms with Crippen LogP contribution in [0.2, 0.25) is 0 Å². The summed E-state index contributed by atoms with van der Waals surface area (Å²) in [6.07, 6.45) is 0.486. The van der Waals surface area contributed by atoms with Crippen molar-refractivity contribution in [2.75, 3.05) is 6.61 Å². The van der Waals surface area contributed by atoms with Gasteiger partial charge in [0.1, 0.15) is 28.7 Å². The molecule has 0 aliphatic carbocycles. The van der Waals surface area contributed by atoms with Gasteiger partial charge in [0.25, 0.3) is 0 Å². The molecule has 0 fully saturated rings. The smallest absolute Gasteiger partial charge is 0.129 e. The summed E-state index contributed by atoms with van der Waals surface area (Å²) in [4.78, 5) is 0. The normalized spacial score (nSPS) is 17.3. The highest BCUT2D eigenvalue weighted by atomic mass is 16.5. The summed E-state index contributed by atoms with van der Waals surface area (Å²) in [5.41, 5.74) is 1.26. The van der Waals surface area contributed by atoms with Crippen molar-refractivity contribution in [1.82, 2.24) is 0 Å². The predicted octanol–water partition coefficient (Wildman–Crippen LogP) is 2.23. The van der Waals surface area contributed by atoms with E-state index in [1.807, 2.05) is 0 Å². The summed E-state index contributed by atoms with van der Waals surface area (Å²) >= 11 is 0. The lowest BCUT2D eigenvalue weighted by Crippen LogP contribution is -2.19. The largest absolute Gasteiger partial charge is 0.508 e. The highest BCUT2D eigenvalue weighted by Crippen LogP contribution is 2.42. The third-order valence-electron chi connectivity index (χ3n) is 3.51. The Morgan fingerprint density at radius 2 is 1.65 bits per heavy atom. The maximum absolute atomic E-state index is 9.89. The summed E-state index contributed by atoms with van der Waals surface area (Å²) < 4.78 is 5.54. The average Bonchev–Trinajstić information content (AvgIpc) is 2.38. The lowest BCUT2D eigenvalue weighted by molar-refractivity contribution is 0.254. The summed E-state index contributed by atoms with van der Waals surface area (Å²) in [7, 11) is 0. The molecule has 3 rings (SSSR count). The van der Waals surface area contributed by atoms with Crippen LogP contribution in [0, 0.1) is 0 Å². The summed E-state index contributed by atoms with van der Waals surface area (Å²) in [5.74, 6) is 0.252. The van der Waals surface area contributed by atoms with Crippen molar-refractivity contribution < 1.29 is 25.2 Å². The second-order valence-corrected chi connectivity index (χ2v) is 4.90. The van der Waals surface area contributed by atoms with E-state index >= 15 is 0 Å². The van der Waals surface area contributed by atoms with E-state index in [0.717, 1.165) is 0 Å². The van der Waals surface area contributed by atoms with Gasteiger partial charge in [0.15, 0.2) is 0 Å². The fourth-order valence-corrected chi connectivity index (χ4v) is 2.52. The van der Waals surface area contributed by atoms with Crippen molar-refractivity contribution in [3.63, 3.8) is 0 Å². The van der Waals surface area contributed by atoms with E-state index in [1.54, 1.807) is 6.07 Å². The highest BCUT2D eigenvalue weighted by molar-refractivity contribution is 5.52. The molecule has 1 heterocycles. The van der Waals surface area contributed by atoms with Gasteiger partial charge in [-0.1, -0.05) is 6.07 Å². The first-order chi connectivity index (χ1) is 9.54. The van der Waals surface area contributed by atoms with Gasteiger partial charge in [-0.3, -0.25) is 0 Å². The topological polar surface area (TPSA) is 90.2 Å². The van der Waals surface area contributed by atoms with Crippen LogP contribution in [0.4, 0.5) is 0 Å². The molecule has 2 aromatic carbocycles. The molecule has 0 radical (unpaired) electrons. The minimum atomic E-state index is -0.126. The highest BCUT2D eigenvalue weighted by Gasteiger charge is 2.26. The van der Waals surface area contributed by atoms with Crippen molar-refractivity contribution in [1.29, 1.82) is 0 Å². The predicted molar refractivity (Wildman–Crippen MR) is 71.5 cm³/mol. The Bertz CT molecular complexity index is 666. The Balaban J connectivity index is 1.96. The fraction of sp³-hybridized carbons (Fsp3) is 0.200. The van der Waals surface area contributed by atoms with Gasteiger partial charge in [-0.25, -0.2) is 0 Å². The van der Waals surface area contributed by atoms with Crippen LogP contribution in [-0.2, 0) is 6.42 Å². The van der Waals surface area contributed by atoms with Crippen LogP contribution < -0.4 is 4.74 Å². The van der Waals surface area contributed by atoms with Crippen LogP contribution in [0.5, 0.6) is 28.7 Å². The van der Waals surface area contributed by atoms with Crippen LogP contribution >= 0.6 is 0 Å². The second kappa shape index (κ2) is 4.52. The zero-order valence-electron chi connectivity index (χ0n) is 10.6. The van der Waals surface area contributed by atoms with Crippen molar-refractivity contribution in [2.45, 2.75) is 12.3 Å². The Morgan fingerprint density at radius 1 is 0.900 bits per heavy atom. The number of fused-ring (bicyclic) bond motifs is 1. The number of phenols is 4. The number of aromatic hydroxyl groups is 4. The van der Waals surface area contributed by atoms with E-state index < -0.39 is 0 Å². The molecule has 0 aromatic heterocycles. The van der Waals surface area contributed by atoms with Crippen LogP contribution in [0.3, 0.4) is 0 Å². The van der Waals surface area contributed by atoms with Crippen molar-refractivity contribution in [3.05, 3.63) is 41.5 Å². The van der Waals surface area contributed by atoms with Gasteiger partial charge in [-0.2, -0.15) is 0 Å². The average molecular weight is 274 g/mol. The van der Waals surface area contributed by atoms with E-state index in [0.29, 0.717) is 29.9 Å². The number of benzene rings is 2. The zero-order chi connectivity index (χ0) is 14.3. The van der Waals surface area contributed by atoms with Gasteiger partial charge in [0.05, 0.1) is 6.61 Å². The van der Waals surface area contributed by atoms with Crippen molar-refractivity contribution in [3.8, 4) is 28.7 Å². The number of ether oxygens (including phenoxy) is 1. The minimum Gasteiger partial charge on any atom is -0.508 e. The summed E-state index contributed by atoms with van der Waals surface area (Å²) in [6.45, 7) is 0.328. The number of hydrogen-bond acceptors (Lipinski definition) is 5. The van der Waals surface area contributed by atoms with E-state index in [4.69, 9.17) is 4.74 Å². The molecule has 4 N–H and O–H groups in total. The number of phenolic OH excluding ortho intramolecular Hbond substituents is 4. The molecule has 1 aliphatic rings. The molecular weight excluding hydrogens is 260 g/mol. The standard InChI is InChI=1S/C15H14O5/c16-9-1-2-11(13(18)4-9)8-3-12-14(19)5-10(17)6-15(12)20-7-8/h1-2,4-6,8,16-19H,3,7H2. The van der Waals surface area contributed by atoms with Gasteiger partial charge < -0.3 is 25.2 Å². The maximum Gasteiger partial charge on any atom is 0.129 e. The van der Waals surface area contributed by atoms with Crippen LogP contribution in [-0.4, -0.2) is 27.0 Å². The third-order valence-corrected chi connectivity index (χ3v) is 3.51. The second-order valence-electron chi connectivity index (χ2n) is 4.90. The lowest BCUT2D eigenvalue weighted by Gasteiger charge is -2.26. The quantitative estimate of drug-likeness (QED) is 0.640. The molecule has 104 valence electrons. The molecule has 5 nitrogen and oxygen atoms in total. The van der Waals surface area contributed by atoms with Gasteiger partial charge in [-0.15, -0.1) is 0 Å². The molecule has 0 bridgehead atoms. The molecule has 2 aromatic rings. The van der Waals surface area contributed by atoms with E-state index in [2.05, 4.69) is 0 Å². The number of rotatable bonds is 1. The molecule has 0 saturated carbocycles. The Morgan fingerprint density at radius 3 is 2.40 bits per heavy atom. The Hall–Kier alpha value is -2.56. The van der Waals surface area contributed by atoms with Crippen LogP contribution in [0.1, 0.15) is 17.0 Å². The molecule has 20 heavy (non-hydrogen) atoms. The monoisotopic (exact) mass is 274 g/mol. The first-order valence-electron chi connectivity index (χ1n) is 6.24. The van der Waals surface area contributed by atoms with Gasteiger partial charge in [0, 0.05) is 35.2 Å². The van der Waals surface area contributed by atoms with Crippen LogP contribution in [0.15, 0.2) is 30.3 Å². The summed E-state index contributed by atoms with van der Waals surface area (Å²) in [5, 5.41) is 38.5. The molecule has 1 aliphatic heterocycles. The maximum atomic E-state index is 9.89. The minimum absolute atomic E-state index is 0.000295. The van der Waals surface area contributed by atoms with E-state index in [1.165, 1.54) is 24.3 Å². The fourth-order valence-electron chi connectivity index (χ4n) is 2.52. The van der Waals surface area contributed by atoms with E-state index in [9.17, 15) is 20.4 Å². The number of hydrogen-bond donors (Lipinski definition) is 4. The SMILES string of the molecule is Oc1ccc(C2COc3cc(O)cc(O)c3C2)c(O)c1.